The van der Waals surface area contributed by atoms with E-state index in [-0.39, 0.29) is 31.0 Å². The third kappa shape index (κ3) is 8.29. The molecule has 2 aliphatic heterocycles. The number of nitrogens with one attached hydrogen (secondary N) is 1. The molecule has 2 heterocycles. The first-order valence-electron chi connectivity index (χ1n) is 15.5. The van der Waals surface area contributed by atoms with Crippen LogP contribution in [-0.2, 0) is 53.1 Å². The molecular formula is C34H33F6N3O8S. The predicted molar refractivity (Wildman–Crippen MR) is 170 cm³/mol. The van der Waals surface area contributed by atoms with Crippen LogP contribution in [0.3, 0.4) is 0 Å². The molecule has 2 fully saturated rings. The first-order chi connectivity index (χ1) is 24.3. The Balaban J connectivity index is 0.000000785. The molecule has 0 radical (unpaired) electrons. The number of sulfonamides is 1. The second kappa shape index (κ2) is 15.4. The van der Waals surface area contributed by atoms with Crippen molar-refractivity contribution in [2.75, 3.05) is 20.2 Å². The molecule has 0 aliphatic carbocycles. The zero-order chi connectivity index (χ0) is 38.6. The summed E-state index contributed by atoms with van der Waals surface area (Å²) in [5, 5.41) is 10.3. The summed E-state index contributed by atoms with van der Waals surface area (Å²) in [6.07, 6.45) is -9.75. The number of likely N-dealkylation sites (N-methyl/N-ethyl adjacent to an activating group) is 1. The zero-order valence-electron chi connectivity index (χ0n) is 27.5. The number of benzene rings is 3. The Morgan fingerprint density at radius 1 is 0.885 bits per heavy atom. The molecule has 0 unspecified atom stereocenters. The largest absolute Gasteiger partial charge is 0.490 e. The standard InChI is InChI=1S/C32H32F3N3O6S.C2HF3O2/c1-3-37(45(42,43)24-16-14-23(15-17-24)32(33,34)35)20-25-26-27(29(40)38(28(26)39)19-22-12-8-5-9-13-22)31(36-25,30(41)44-2)18-21-10-6-4-7-11-21;3-2(4,5)1(6)7/h4-17,25-27,36H,3,18-20H2,1-2H3;(H,6,7)/t25-,26+,27-,31-;/m1./s1. The molecule has 18 heteroatoms. The fourth-order valence-electron chi connectivity index (χ4n) is 6.37. The van der Waals surface area contributed by atoms with Crippen molar-refractivity contribution in [3.63, 3.8) is 0 Å². The van der Waals surface area contributed by atoms with Crippen LogP contribution >= 0.6 is 0 Å². The van der Waals surface area contributed by atoms with Crippen LogP contribution in [-0.4, -0.2) is 84.4 Å². The topological polar surface area (TPSA) is 150 Å². The van der Waals surface area contributed by atoms with E-state index in [9.17, 15) is 49.1 Å². The SMILES string of the molecule is CCN(C[C@H]1N[C@@](Cc2ccccc2)(C(=O)OC)[C@H]2C(=O)N(Cc3ccccc3)C(=O)[C@@H]12)S(=O)(=O)c1ccc(C(F)(F)F)cc1.O=C(O)C(F)(F)F. The number of amides is 2. The van der Waals surface area contributed by atoms with Gasteiger partial charge in [-0.25, -0.2) is 13.2 Å². The van der Waals surface area contributed by atoms with Gasteiger partial charge in [0.1, 0.15) is 5.54 Å². The lowest BCUT2D eigenvalue weighted by molar-refractivity contribution is -0.192. The van der Waals surface area contributed by atoms with Crippen molar-refractivity contribution in [3.8, 4) is 0 Å². The number of nitrogens with zero attached hydrogens (tertiary/aromatic N) is 2. The maximum absolute atomic E-state index is 14.1. The van der Waals surface area contributed by atoms with Gasteiger partial charge >= 0.3 is 24.3 Å². The van der Waals surface area contributed by atoms with Gasteiger partial charge < -0.3 is 9.84 Å². The second-order valence-electron chi connectivity index (χ2n) is 11.9. The van der Waals surface area contributed by atoms with Crippen LogP contribution in [0.5, 0.6) is 0 Å². The number of carbonyl (C=O) groups is 4. The number of rotatable bonds is 10. The van der Waals surface area contributed by atoms with Gasteiger partial charge in [0.25, 0.3) is 0 Å². The summed E-state index contributed by atoms with van der Waals surface area (Å²) in [5.41, 5.74) is -1.33. The first-order valence-corrected chi connectivity index (χ1v) is 17.0. The third-order valence-corrected chi connectivity index (χ3v) is 10.7. The number of imide groups is 1. The molecule has 3 aromatic carbocycles. The molecule has 3 aromatic rings. The number of ether oxygens (including phenoxy) is 1. The fraction of sp³-hybridized carbons (Fsp3) is 0.353. The molecule has 2 aliphatic rings. The molecule has 4 atom stereocenters. The highest BCUT2D eigenvalue weighted by atomic mass is 32.2. The number of carboxylic acid groups (broad SMARTS) is 1. The monoisotopic (exact) mass is 757 g/mol. The maximum atomic E-state index is 14.1. The van der Waals surface area contributed by atoms with E-state index < -0.39 is 75.1 Å². The molecule has 0 aromatic heterocycles. The molecule has 2 amide bonds. The van der Waals surface area contributed by atoms with E-state index in [0.717, 1.165) is 21.3 Å². The number of hydrogen-bond acceptors (Lipinski definition) is 8. The minimum Gasteiger partial charge on any atom is -0.475 e. The predicted octanol–water partition coefficient (Wildman–Crippen LogP) is 4.28. The normalized spacial score (nSPS) is 21.8. The van der Waals surface area contributed by atoms with Crippen molar-refractivity contribution in [2.24, 2.45) is 11.8 Å². The fourth-order valence-corrected chi connectivity index (χ4v) is 7.84. The lowest BCUT2D eigenvalue weighted by Gasteiger charge is -2.33. The number of aliphatic carboxylic acids is 1. The van der Waals surface area contributed by atoms with Gasteiger partial charge in [0.2, 0.25) is 21.8 Å². The van der Waals surface area contributed by atoms with Gasteiger partial charge in [0.15, 0.2) is 0 Å². The summed E-state index contributed by atoms with van der Waals surface area (Å²) >= 11 is 0. The summed E-state index contributed by atoms with van der Waals surface area (Å²) in [4.78, 5) is 51.4. The highest BCUT2D eigenvalue weighted by molar-refractivity contribution is 7.89. The van der Waals surface area contributed by atoms with E-state index in [1.54, 1.807) is 67.6 Å². The summed E-state index contributed by atoms with van der Waals surface area (Å²) in [7, 11) is -3.17. The zero-order valence-corrected chi connectivity index (χ0v) is 28.3. The number of carbonyl (C=O) groups excluding carboxylic acids is 3. The maximum Gasteiger partial charge on any atom is 0.490 e. The van der Waals surface area contributed by atoms with Gasteiger partial charge in [-0.2, -0.15) is 30.6 Å². The average molecular weight is 758 g/mol. The number of esters is 1. The molecule has 0 spiro atoms. The second-order valence-corrected chi connectivity index (χ2v) is 13.8. The van der Waals surface area contributed by atoms with Crippen molar-refractivity contribution in [3.05, 3.63) is 102 Å². The molecule has 280 valence electrons. The molecule has 5 rings (SSSR count). The van der Waals surface area contributed by atoms with E-state index in [4.69, 9.17) is 14.6 Å². The van der Waals surface area contributed by atoms with Crippen LogP contribution in [0.15, 0.2) is 89.8 Å². The Morgan fingerprint density at radius 3 is 1.87 bits per heavy atom. The van der Waals surface area contributed by atoms with Gasteiger partial charge in [-0.15, -0.1) is 0 Å². The van der Waals surface area contributed by atoms with E-state index in [1.807, 2.05) is 0 Å². The molecule has 0 saturated carbocycles. The highest BCUT2D eigenvalue weighted by Gasteiger charge is 2.68. The lowest BCUT2D eigenvalue weighted by atomic mass is 9.76. The van der Waals surface area contributed by atoms with Gasteiger partial charge in [-0.1, -0.05) is 67.6 Å². The van der Waals surface area contributed by atoms with Crippen LogP contribution in [0, 0.1) is 11.8 Å². The number of hydrogen-bond donors (Lipinski definition) is 2. The summed E-state index contributed by atoms with van der Waals surface area (Å²) in [6, 6.07) is 19.8. The van der Waals surface area contributed by atoms with Gasteiger partial charge in [0.05, 0.1) is 35.9 Å². The van der Waals surface area contributed by atoms with Crippen molar-refractivity contribution < 1.29 is 63.8 Å². The van der Waals surface area contributed by atoms with Crippen LogP contribution in [0.25, 0.3) is 0 Å². The number of alkyl halides is 6. The van der Waals surface area contributed by atoms with Crippen molar-refractivity contribution in [1.82, 2.24) is 14.5 Å². The minimum atomic E-state index is -5.08. The number of fused-ring (bicyclic) bond motifs is 1. The molecule has 0 bridgehead atoms. The number of halogens is 6. The van der Waals surface area contributed by atoms with Crippen LogP contribution in [0.4, 0.5) is 26.3 Å². The summed E-state index contributed by atoms with van der Waals surface area (Å²) in [6.45, 7) is 1.07. The average Bonchev–Trinajstić information content (AvgIpc) is 3.55. The number of likely N-dealkylation sites (tertiary alicyclic amines) is 1. The van der Waals surface area contributed by atoms with Crippen molar-refractivity contribution in [1.29, 1.82) is 0 Å². The Morgan fingerprint density at radius 2 is 1.40 bits per heavy atom. The van der Waals surface area contributed by atoms with E-state index in [1.165, 1.54) is 7.11 Å². The minimum absolute atomic E-state index is 0.0197. The Hall–Kier alpha value is -4.81. The molecule has 11 nitrogen and oxygen atoms in total. The lowest BCUT2D eigenvalue weighted by Crippen LogP contribution is -2.59. The first kappa shape index (κ1) is 40.0. The molecule has 2 saturated heterocycles. The van der Waals surface area contributed by atoms with Gasteiger partial charge in [0, 0.05) is 25.6 Å². The number of methoxy groups -OCH3 is 1. The van der Waals surface area contributed by atoms with E-state index in [2.05, 4.69) is 5.32 Å². The van der Waals surface area contributed by atoms with Gasteiger partial charge in [-0.05, 0) is 35.4 Å². The number of carboxylic acids is 1. The van der Waals surface area contributed by atoms with Crippen LogP contribution in [0.2, 0.25) is 0 Å². The highest BCUT2D eigenvalue weighted by Crippen LogP contribution is 2.46. The Kier molecular flexibility index (Phi) is 11.9. The molecule has 52 heavy (non-hydrogen) atoms. The van der Waals surface area contributed by atoms with Crippen LogP contribution < -0.4 is 5.32 Å². The molecule has 2 N–H and O–H groups in total. The quantitative estimate of drug-likeness (QED) is 0.176. The third-order valence-electron chi connectivity index (χ3n) is 8.72. The van der Waals surface area contributed by atoms with Crippen molar-refractivity contribution in [2.45, 2.75) is 48.7 Å². The van der Waals surface area contributed by atoms with Crippen LogP contribution in [0.1, 0.15) is 23.6 Å². The van der Waals surface area contributed by atoms with E-state index in [0.29, 0.717) is 23.3 Å². The molecular weight excluding hydrogens is 724 g/mol. The summed E-state index contributed by atoms with van der Waals surface area (Å²) in [5.74, 6) is -7.01. The Labute approximate surface area is 294 Å². The smallest absolute Gasteiger partial charge is 0.475 e. The summed E-state index contributed by atoms with van der Waals surface area (Å²) < 4.78 is 105. The van der Waals surface area contributed by atoms with Crippen molar-refractivity contribution >= 4 is 33.8 Å². The Bertz CT molecular complexity index is 1880. The van der Waals surface area contributed by atoms with Gasteiger partial charge in [-0.3, -0.25) is 24.6 Å². The van der Waals surface area contributed by atoms with E-state index >= 15 is 0 Å².